The fourth-order valence-corrected chi connectivity index (χ4v) is 3.70. The lowest BCUT2D eigenvalue weighted by Gasteiger charge is -2.19. The summed E-state index contributed by atoms with van der Waals surface area (Å²) in [5.74, 6) is -0.137. The number of methoxy groups -OCH3 is 1. The van der Waals surface area contributed by atoms with E-state index in [4.69, 9.17) is 4.74 Å². The van der Waals surface area contributed by atoms with Gasteiger partial charge in [-0.1, -0.05) is 36.4 Å². The van der Waals surface area contributed by atoms with Crippen LogP contribution < -0.4 is 10.6 Å². The molecule has 1 fully saturated rings. The Labute approximate surface area is 206 Å². The molecular weight excluding hydrogens is 444 g/mol. The van der Waals surface area contributed by atoms with E-state index in [1.54, 1.807) is 6.08 Å². The molecule has 0 heterocycles. The fourth-order valence-electron chi connectivity index (χ4n) is 3.70. The van der Waals surface area contributed by atoms with E-state index in [9.17, 15) is 14.4 Å². The second-order valence-electron chi connectivity index (χ2n) is 9.72. The maximum absolute atomic E-state index is 12.3. The highest BCUT2D eigenvalue weighted by atomic mass is 16.6. The summed E-state index contributed by atoms with van der Waals surface area (Å²) < 4.78 is 9.89. The fraction of sp³-hybridized carbons (Fsp3) is 0.393. The molecule has 2 amide bonds. The lowest BCUT2D eigenvalue weighted by atomic mass is 10.1. The van der Waals surface area contributed by atoms with Crippen LogP contribution in [0.5, 0.6) is 0 Å². The third-order valence-corrected chi connectivity index (χ3v) is 5.58. The number of nitrogens with one attached hydrogen (secondary N) is 2. The van der Waals surface area contributed by atoms with E-state index in [2.05, 4.69) is 15.4 Å². The number of amides is 2. The largest absolute Gasteiger partial charge is 0.466 e. The SMILES string of the molecule is COC(=O)/C=C/c1ccc(CCCC(=O)Nc2ccc(C3CC3NC(=O)OC(C)(C)C)cc2)cc1. The maximum atomic E-state index is 12.3. The van der Waals surface area contributed by atoms with Gasteiger partial charge in [0, 0.05) is 30.1 Å². The minimum atomic E-state index is -0.511. The van der Waals surface area contributed by atoms with Gasteiger partial charge in [0.15, 0.2) is 0 Å². The Morgan fingerprint density at radius 3 is 2.34 bits per heavy atom. The van der Waals surface area contributed by atoms with E-state index < -0.39 is 5.60 Å². The minimum absolute atomic E-state index is 0.0220. The second-order valence-corrected chi connectivity index (χ2v) is 9.72. The number of carbonyl (C=O) groups excluding carboxylic acids is 3. The number of anilines is 1. The van der Waals surface area contributed by atoms with Gasteiger partial charge in [0.05, 0.1) is 7.11 Å². The number of alkyl carbamates (subject to hydrolysis) is 1. The van der Waals surface area contributed by atoms with Crippen molar-refractivity contribution < 1.29 is 23.9 Å². The zero-order valence-corrected chi connectivity index (χ0v) is 20.8. The second kappa shape index (κ2) is 11.7. The van der Waals surface area contributed by atoms with Crippen molar-refractivity contribution >= 4 is 29.7 Å². The predicted molar refractivity (Wildman–Crippen MR) is 136 cm³/mol. The number of benzene rings is 2. The molecule has 0 aliphatic heterocycles. The van der Waals surface area contributed by atoms with Gasteiger partial charge in [-0.3, -0.25) is 4.79 Å². The Balaban J connectivity index is 1.37. The van der Waals surface area contributed by atoms with E-state index in [-0.39, 0.29) is 29.9 Å². The normalized spacial score (nSPS) is 17.0. The van der Waals surface area contributed by atoms with Crippen molar-refractivity contribution in [2.75, 3.05) is 12.4 Å². The molecule has 2 atom stereocenters. The van der Waals surface area contributed by atoms with Gasteiger partial charge in [-0.05, 0) is 74.9 Å². The van der Waals surface area contributed by atoms with Gasteiger partial charge >= 0.3 is 12.1 Å². The summed E-state index contributed by atoms with van der Waals surface area (Å²) in [4.78, 5) is 35.4. The Hall–Kier alpha value is -3.61. The van der Waals surface area contributed by atoms with Crippen LogP contribution in [0.25, 0.3) is 6.08 Å². The number of aryl methyl sites for hydroxylation is 1. The molecule has 2 aromatic rings. The summed E-state index contributed by atoms with van der Waals surface area (Å²) in [5.41, 5.74) is 3.44. The molecular formula is C28H34N2O5. The molecule has 7 nitrogen and oxygen atoms in total. The highest BCUT2D eigenvalue weighted by Crippen LogP contribution is 2.41. The average Bonchev–Trinajstić information content (AvgIpc) is 3.56. The van der Waals surface area contributed by atoms with Crippen LogP contribution in [0.15, 0.2) is 54.6 Å². The molecule has 0 aromatic heterocycles. The van der Waals surface area contributed by atoms with Crippen molar-refractivity contribution in [3.63, 3.8) is 0 Å². The summed E-state index contributed by atoms with van der Waals surface area (Å²) in [5, 5.41) is 5.85. The predicted octanol–water partition coefficient (Wildman–Crippen LogP) is 5.21. The van der Waals surface area contributed by atoms with Gasteiger partial charge in [0.1, 0.15) is 5.60 Å². The molecule has 35 heavy (non-hydrogen) atoms. The van der Waals surface area contributed by atoms with Crippen molar-refractivity contribution in [1.82, 2.24) is 5.32 Å². The van der Waals surface area contributed by atoms with Crippen LogP contribution in [-0.2, 0) is 25.5 Å². The average molecular weight is 479 g/mol. The molecule has 0 bridgehead atoms. The Morgan fingerprint density at radius 1 is 1.03 bits per heavy atom. The number of ether oxygens (including phenoxy) is 2. The van der Waals surface area contributed by atoms with E-state index in [1.165, 1.54) is 13.2 Å². The van der Waals surface area contributed by atoms with E-state index >= 15 is 0 Å². The molecule has 2 aromatic carbocycles. The zero-order valence-electron chi connectivity index (χ0n) is 20.8. The minimum Gasteiger partial charge on any atom is -0.466 e. The molecule has 1 saturated carbocycles. The van der Waals surface area contributed by atoms with Gasteiger partial charge in [0.25, 0.3) is 0 Å². The highest BCUT2D eigenvalue weighted by Gasteiger charge is 2.40. The lowest BCUT2D eigenvalue weighted by Crippen LogP contribution is -2.34. The number of rotatable bonds is 9. The Bertz CT molecular complexity index is 1050. The summed E-state index contributed by atoms with van der Waals surface area (Å²) in [7, 11) is 1.35. The number of hydrogen-bond donors (Lipinski definition) is 2. The Kier molecular flexibility index (Phi) is 8.68. The summed E-state index contributed by atoms with van der Waals surface area (Å²) in [6, 6.07) is 15.7. The molecule has 0 radical (unpaired) electrons. The van der Waals surface area contributed by atoms with Gasteiger partial charge in [-0.2, -0.15) is 0 Å². The molecule has 1 aliphatic carbocycles. The van der Waals surface area contributed by atoms with Crippen molar-refractivity contribution in [1.29, 1.82) is 0 Å². The van der Waals surface area contributed by atoms with Gasteiger partial charge in [-0.15, -0.1) is 0 Å². The lowest BCUT2D eigenvalue weighted by molar-refractivity contribution is -0.134. The highest BCUT2D eigenvalue weighted by molar-refractivity contribution is 5.90. The van der Waals surface area contributed by atoms with Crippen LogP contribution >= 0.6 is 0 Å². The molecule has 2 unspecified atom stereocenters. The third kappa shape index (κ3) is 8.92. The monoisotopic (exact) mass is 478 g/mol. The number of carbonyl (C=O) groups is 3. The molecule has 3 rings (SSSR count). The first kappa shape index (κ1) is 26.0. The first-order valence-corrected chi connectivity index (χ1v) is 11.9. The molecule has 0 saturated heterocycles. The molecule has 186 valence electrons. The van der Waals surface area contributed by atoms with Gasteiger partial charge < -0.3 is 20.1 Å². The Morgan fingerprint density at radius 2 is 1.71 bits per heavy atom. The number of hydrogen-bond acceptors (Lipinski definition) is 5. The van der Waals surface area contributed by atoms with Gasteiger partial charge in [-0.25, -0.2) is 9.59 Å². The van der Waals surface area contributed by atoms with Crippen molar-refractivity contribution in [3.8, 4) is 0 Å². The smallest absolute Gasteiger partial charge is 0.407 e. The first-order chi connectivity index (χ1) is 16.6. The van der Waals surface area contributed by atoms with Crippen LogP contribution in [0.1, 0.15) is 62.6 Å². The van der Waals surface area contributed by atoms with Crippen LogP contribution in [0.2, 0.25) is 0 Å². The van der Waals surface area contributed by atoms with Gasteiger partial charge in [0.2, 0.25) is 5.91 Å². The molecule has 7 heteroatoms. The number of esters is 1. The first-order valence-electron chi connectivity index (χ1n) is 11.9. The topological polar surface area (TPSA) is 93.7 Å². The van der Waals surface area contributed by atoms with Crippen molar-refractivity contribution in [2.24, 2.45) is 0 Å². The van der Waals surface area contributed by atoms with Crippen LogP contribution in [0, 0.1) is 0 Å². The summed E-state index contributed by atoms with van der Waals surface area (Å²) >= 11 is 0. The van der Waals surface area contributed by atoms with Crippen LogP contribution in [0.3, 0.4) is 0 Å². The quantitative estimate of drug-likeness (QED) is 0.381. The molecule has 1 aliphatic rings. The zero-order chi connectivity index (χ0) is 25.4. The van der Waals surface area contributed by atoms with E-state index in [0.717, 1.165) is 41.6 Å². The van der Waals surface area contributed by atoms with Crippen molar-refractivity contribution in [2.45, 2.75) is 64.0 Å². The molecule has 0 spiro atoms. The van der Waals surface area contributed by atoms with E-state index in [1.807, 2.05) is 69.3 Å². The summed E-state index contributed by atoms with van der Waals surface area (Å²) in [6.45, 7) is 5.53. The van der Waals surface area contributed by atoms with Crippen LogP contribution in [0.4, 0.5) is 10.5 Å². The summed E-state index contributed by atoms with van der Waals surface area (Å²) in [6.07, 6.45) is 5.54. The molecule has 2 N–H and O–H groups in total. The third-order valence-electron chi connectivity index (χ3n) is 5.58. The maximum Gasteiger partial charge on any atom is 0.407 e. The van der Waals surface area contributed by atoms with E-state index in [0.29, 0.717) is 6.42 Å². The van der Waals surface area contributed by atoms with Crippen LogP contribution in [-0.4, -0.2) is 36.7 Å². The van der Waals surface area contributed by atoms with Crippen molar-refractivity contribution in [3.05, 3.63) is 71.3 Å². The standard InChI is InChI=1S/C28H34N2O5/c1-28(2,3)35-27(33)30-24-18-23(24)21-13-15-22(16-14-21)29-25(31)7-5-6-19-8-10-20(11-9-19)12-17-26(32)34-4/h8-17,23-24H,5-7,18H2,1-4H3,(H,29,31)(H,30,33)/b17-12+.